The average Bonchev–Trinajstić information content (AvgIpc) is 2.90. The third-order valence-corrected chi connectivity index (χ3v) is 3.83. The van der Waals surface area contributed by atoms with Crippen molar-refractivity contribution >= 4 is 38.5 Å². The lowest BCUT2D eigenvalue weighted by Crippen LogP contribution is -2.25. The lowest BCUT2D eigenvalue weighted by Gasteiger charge is -2.20. The maximum atomic E-state index is 5.35. The van der Waals surface area contributed by atoms with Gasteiger partial charge in [0.1, 0.15) is 0 Å². The third kappa shape index (κ3) is 6.00. The number of halogens is 2. The van der Waals surface area contributed by atoms with Crippen molar-refractivity contribution in [1.29, 1.82) is 0 Å². The Morgan fingerprint density at radius 1 is 0.889 bits per heavy atom. The highest BCUT2D eigenvalue weighted by atomic mass is 127. The highest BCUT2D eigenvalue weighted by molar-refractivity contribution is 14.1. The summed E-state index contributed by atoms with van der Waals surface area (Å²) in [6, 6.07) is 0. The van der Waals surface area contributed by atoms with E-state index in [9.17, 15) is 0 Å². The Labute approximate surface area is 131 Å². The summed E-state index contributed by atoms with van der Waals surface area (Å²) in [6.45, 7) is 6.97. The Bertz CT molecular complexity index is 204. The van der Waals surface area contributed by atoms with E-state index in [1.54, 1.807) is 0 Å². The van der Waals surface area contributed by atoms with E-state index in [-0.39, 0.29) is 11.6 Å². The van der Waals surface area contributed by atoms with E-state index >= 15 is 0 Å². The topological polar surface area (TPSA) is 36.9 Å². The van der Waals surface area contributed by atoms with Crippen molar-refractivity contribution in [3.8, 4) is 0 Å². The highest BCUT2D eigenvalue weighted by Gasteiger charge is 2.30. The molecule has 6 heteroatoms. The van der Waals surface area contributed by atoms with Gasteiger partial charge in [-0.05, 0) is 13.8 Å². The minimum Gasteiger partial charge on any atom is -0.348 e. The van der Waals surface area contributed by atoms with Gasteiger partial charge in [0.05, 0.1) is 26.4 Å². The zero-order chi connectivity index (χ0) is 13.5. The maximum absolute atomic E-state index is 5.35. The second-order valence-electron chi connectivity index (χ2n) is 4.54. The molecule has 2 aliphatic rings. The van der Waals surface area contributed by atoms with E-state index in [0.717, 1.165) is 49.0 Å². The average molecular weight is 437 g/mol. The Hall–Kier alpha value is 1.05. The molecule has 2 aliphatic heterocycles. The van der Waals surface area contributed by atoms with E-state index in [0.29, 0.717) is 0 Å². The standard InChI is InChI=1S/C6H11BrO2.C6H11IO2/c2*1-6(2-3-7)8-4-5-9-6/h2*2-5H2,1H3. The first kappa shape index (κ1) is 17.1. The van der Waals surface area contributed by atoms with Crippen molar-refractivity contribution in [2.24, 2.45) is 0 Å². The number of rotatable bonds is 4. The van der Waals surface area contributed by atoms with Crippen molar-refractivity contribution in [2.45, 2.75) is 38.3 Å². The lowest BCUT2D eigenvalue weighted by molar-refractivity contribution is -0.142. The Morgan fingerprint density at radius 2 is 1.28 bits per heavy atom. The van der Waals surface area contributed by atoms with Crippen LogP contribution in [0.4, 0.5) is 0 Å². The molecule has 0 aromatic heterocycles. The number of alkyl halides is 2. The minimum absolute atomic E-state index is 0.263. The van der Waals surface area contributed by atoms with Crippen LogP contribution < -0.4 is 0 Å². The van der Waals surface area contributed by atoms with Gasteiger partial charge in [-0.25, -0.2) is 0 Å². The SMILES string of the molecule is CC1(CCBr)OCCO1.CC1(CCI)OCCO1. The smallest absolute Gasteiger partial charge is 0.166 e. The van der Waals surface area contributed by atoms with Crippen molar-refractivity contribution in [3.05, 3.63) is 0 Å². The van der Waals surface area contributed by atoms with Crippen LogP contribution in [-0.2, 0) is 18.9 Å². The number of ether oxygens (including phenoxy) is 4. The molecule has 0 amide bonds. The van der Waals surface area contributed by atoms with Crippen LogP contribution in [0, 0.1) is 0 Å². The van der Waals surface area contributed by atoms with Crippen LogP contribution in [0.1, 0.15) is 26.7 Å². The molecule has 4 nitrogen and oxygen atoms in total. The Balaban J connectivity index is 0.000000180. The van der Waals surface area contributed by atoms with Gasteiger partial charge < -0.3 is 18.9 Å². The van der Waals surface area contributed by atoms with Crippen LogP contribution in [0.5, 0.6) is 0 Å². The number of hydrogen-bond donors (Lipinski definition) is 0. The summed E-state index contributed by atoms with van der Waals surface area (Å²) < 4.78 is 22.5. The molecule has 0 radical (unpaired) electrons. The summed E-state index contributed by atoms with van der Waals surface area (Å²) in [6.07, 6.45) is 1.92. The van der Waals surface area contributed by atoms with Crippen molar-refractivity contribution in [2.75, 3.05) is 36.2 Å². The third-order valence-electron chi connectivity index (χ3n) is 2.89. The van der Waals surface area contributed by atoms with Crippen LogP contribution in [0.3, 0.4) is 0 Å². The van der Waals surface area contributed by atoms with Crippen LogP contribution in [0.25, 0.3) is 0 Å². The van der Waals surface area contributed by atoms with Crippen molar-refractivity contribution in [1.82, 2.24) is 0 Å². The van der Waals surface area contributed by atoms with E-state index in [1.165, 1.54) is 0 Å². The molecule has 0 spiro atoms. The molecule has 0 saturated carbocycles. The molecule has 2 saturated heterocycles. The van der Waals surface area contributed by atoms with Crippen LogP contribution in [0.2, 0.25) is 0 Å². The quantitative estimate of drug-likeness (QED) is 0.501. The molecule has 0 atom stereocenters. The molecule has 108 valence electrons. The summed E-state index contributed by atoms with van der Waals surface area (Å²) in [5.41, 5.74) is 0. The van der Waals surface area contributed by atoms with Gasteiger partial charge in [-0.2, -0.15) is 0 Å². The molecule has 18 heavy (non-hydrogen) atoms. The number of hydrogen-bond acceptors (Lipinski definition) is 4. The van der Waals surface area contributed by atoms with Gasteiger partial charge in [-0.3, -0.25) is 0 Å². The van der Waals surface area contributed by atoms with Crippen molar-refractivity contribution < 1.29 is 18.9 Å². The van der Waals surface area contributed by atoms with Crippen LogP contribution >= 0.6 is 38.5 Å². The fourth-order valence-corrected chi connectivity index (χ4v) is 3.45. The van der Waals surface area contributed by atoms with Gasteiger partial charge in [0.15, 0.2) is 11.6 Å². The molecular formula is C12H22BrIO4. The predicted octanol–water partition coefficient (Wildman–Crippen LogP) is 3.11. The Kier molecular flexibility index (Phi) is 7.95. The van der Waals surface area contributed by atoms with E-state index in [2.05, 4.69) is 38.5 Å². The molecule has 0 aromatic rings. The molecule has 2 heterocycles. The maximum Gasteiger partial charge on any atom is 0.166 e. The molecule has 2 rings (SSSR count). The molecule has 0 unspecified atom stereocenters. The normalized spacial score (nSPS) is 24.7. The summed E-state index contributed by atoms with van der Waals surface area (Å²) in [5.74, 6) is -0.565. The first-order valence-electron chi connectivity index (χ1n) is 6.21. The Morgan fingerprint density at radius 3 is 1.61 bits per heavy atom. The van der Waals surface area contributed by atoms with Gasteiger partial charge in [-0.1, -0.05) is 38.5 Å². The minimum atomic E-state index is -0.302. The molecule has 0 N–H and O–H groups in total. The zero-order valence-electron chi connectivity index (χ0n) is 11.0. The van der Waals surface area contributed by atoms with E-state index in [4.69, 9.17) is 18.9 Å². The monoisotopic (exact) mass is 436 g/mol. The summed E-state index contributed by atoms with van der Waals surface area (Å²) in [5, 5.41) is 0.934. The fraction of sp³-hybridized carbons (Fsp3) is 1.00. The van der Waals surface area contributed by atoms with E-state index in [1.807, 2.05) is 13.8 Å². The van der Waals surface area contributed by atoms with Gasteiger partial charge in [-0.15, -0.1) is 0 Å². The largest absolute Gasteiger partial charge is 0.348 e. The molecule has 0 aliphatic carbocycles. The second-order valence-corrected chi connectivity index (χ2v) is 6.41. The lowest BCUT2D eigenvalue weighted by atomic mass is 10.2. The highest BCUT2D eigenvalue weighted by Crippen LogP contribution is 2.23. The van der Waals surface area contributed by atoms with Gasteiger partial charge in [0.2, 0.25) is 0 Å². The zero-order valence-corrected chi connectivity index (χ0v) is 14.8. The first-order valence-corrected chi connectivity index (χ1v) is 8.86. The summed E-state index contributed by atoms with van der Waals surface area (Å²) in [7, 11) is 0. The van der Waals surface area contributed by atoms with Crippen LogP contribution in [0.15, 0.2) is 0 Å². The van der Waals surface area contributed by atoms with Crippen molar-refractivity contribution in [3.63, 3.8) is 0 Å². The van der Waals surface area contributed by atoms with Crippen LogP contribution in [-0.4, -0.2) is 47.8 Å². The molecule has 0 aromatic carbocycles. The second kappa shape index (κ2) is 8.36. The van der Waals surface area contributed by atoms with E-state index < -0.39 is 0 Å². The summed E-state index contributed by atoms with van der Waals surface area (Å²) in [4.78, 5) is 0. The molecular weight excluding hydrogens is 415 g/mol. The predicted molar refractivity (Wildman–Crippen MR) is 82.5 cm³/mol. The fourth-order valence-electron chi connectivity index (χ4n) is 1.75. The first-order chi connectivity index (χ1) is 8.54. The summed E-state index contributed by atoms with van der Waals surface area (Å²) >= 11 is 5.66. The van der Waals surface area contributed by atoms with Gasteiger partial charge in [0, 0.05) is 22.6 Å². The molecule has 2 fully saturated rings. The van der Waals surface area contributed by atoms with Gasteiger partial charge in [0.25, 0.3) is 0 Å². The molecule has 0 bridgehead atoms. The van der Waals surface area contributed by atoms with Gasteiger partial charge >= 0.3 is 0 Å².